The molecule has 0 aromatic carbocycles. The predicted molar refractivity (Wildman–Crippen MR) is 22.7 cm³/mol. The smallest absolute Gasteiger partial charge is 0.279 e. The Morgan fingerprint density at radius 1 is 1.86 bits per heavy atom. The van der Waals surface area contributed by atoms with Gasteiger partial charge in [0.05, 0.1) is 7.05 Å². The molecule has 0 rings (SSSR count). The Hall–Kier alpha value is -0.860. The second-order valence-electron chi connectivity index (χ2n) is 0.878. The standard InChI is InChI=1S/C4H4FNO/c1-3(5)4(7)6-2/h2H,1H2,(H,6,7). The minimum absolute atomic E-state index is 0.986. The largest absolute Gasteiger partial charge is 0.343 e. The van der Waals surface area contributed by atoms with Gasteiger partial charge in [0.15, 0.2) is 5.83 Å². The van der Waals surface area contributed by atoms with Crippen molar-refractivity contribution in [3.8, 4) is 0 Å². The van der Waals surface area contributed by atoms with Gasteiger partial charge in [-0.1, -0.05) is 6.58 Å². The van der Waals surface area contributed by atoms with Gasteiger partial charge in [-0.05, 0) is 0 Å². The van der Waals surface area contributed by atoms with Gasteiger partial charge in [0, 0.05) is 0 Å². The Labute approximate surface area is 41.0 Å². The van der Waals surface area contributed by atoms with Crippen LogP contribution in [0.5, 0.6) is 0 Å². The molecule has 0 unspecified atom stereocenters. The SMILES string of the molecule is [CH]NC(=O)C(=C)F. The van der Waals surface area contributed by atoms with Gasteiger partial charge in [-0.15, -0.1) is 0 Å². The zero-order valence-corrected chi connectivity index (χ0v) is 3.57. The van der Waals surface area contributed by atoms with Gasteiger partial charge in [0.1, 0.15) is 0 Å². The molecule has 0 aromatic rings. The van der Waals surface area contributed by atoms with Gasteiger partial charge < -0.3 is 5.32 Å². The summed E-state index contributed by atoms with van der Waals surface area (Å²) >= 11 is 0. The van der Waals surface area contributed by atoms with Gasteiger partial charge in [-0.25, -0.2) is 4.39 Å². The molecule has 0 saturated heterocycles. The van der Waals surface area contributed by atoms with Crippen molar-refractivity contribution in [1.82, 2.24) is 5.32 Å². The summed E-state index contributed by atoms with van der Waals surface area (Å²) in [7, 11) is 4.47. The van der Waals surface area contributed by atoms with Crippen LogP contribution in [0.15, 0.2) is 12.4 Å². The van der Waals surface area contributed by atoms with Crippen LogP contribution in [-0.4, -0.2) is 5.91 Å². The molecule has 0 fully saturated rings. The van der Waals surface area contributed by atoms with E-state index in [-0.39, 0.29) is 0 Å². The molecule has 7 heavy (non-hydrogen) atoms. The van der Waals surface area contributed by atoms with Crippen LogP contribution in [0.2, 0.25) is 0 Å². The van der Waals surface area contributed by atoms with E-state index in [1.165, 1.54) is 0 Å². The van der Waals surface area contributed by atoms with Crippen molar-refractivity contribution in [2.75, 3.05) is 0 Å². The summed E-state index contributed by atoms with van der Waals surface area (Å²) in [4.78, 5) is 9.80. The van der Waals surface area contributed by atoms with Crippen molar-refractivity contribution in [3.05, 3.63) is 19.5 Å². The third-order valence-corrected chi connectivity index (χ3v) is 0.377. The average Bonchev–Trinajstić information content (AvgIpc) is 1.65. The van der Waals surface area contributed by atoms with E-state index >= 15 is 0 Å². The number of hydrogen-bond donors (Lipinski definition) is 1. The normalized spacial score (nSPS) is 7.71. The highest BCUT2D eigenvalue weighted by Gasteiger charge is 1.98. The number of carbonyl (C=O) groups excluding carboxylic acids is 1. The zero-order chi connectivity index (χ0) is 5.86. The molecule has 2 radical (unpaired) electrons. The summed E-state index contributed by atoms with van der Waals surface area (Å²) in [5.41, 5.74) is 0. The highest BCUT2D eigenvalue weighted by molar-refractivity contribution is 5.90. The molecule has 0 aliphatic rings. The zero-order valence-electron chi connectivity index (χ0n) is 3.57. The Morgan fingerprint density at radius 3 is 2.29 bits per heavy atom. The van der Waals surface area contributed by atoms with Crippen LogP contribution in [0.3, 0.4) is 0 Å². The molecular weight excluding hydrogens is 97.0 g/mol. The van der Waals surface area contributed by atoms with Crippen LogP contribution < -0.4 is 5.32 Å². The Kier molecular flexibility index (Phi) is 2.05. The fourth-order valence-electron chi connectivity index (χ4n) is 0.0783. The van der Waals surface area contributed by atoms with Gasteiger partial charge in [0.2, 0.25) is 0 Å². The van der Waals surface area contributed by atoms with Crippen molar-refractivity contribution in [3.63, 3.8) is 0 Å². The van der Waals surface area contributed by atoms with E-state index in [0.717, 1.165) is 0 Å². The first-order chi connectivity index (χ1) is 3.18. The van der Waals surface area contributed by atoms with E-state index < -0.39 is 11.7 Å². The van der Waals surface area contributed by atoms with Gasteiger partial charge in [-0.3, -0.25) is 4.79 Å². The summed E-state index contributed by atoms with van der Waals surface area (Å²) < 4.78 is 11.4. The van der Waals surface area contributed by atoms with Crippen molar-refractivity contribution in [2.24, 2.45) is 0 Å². The molecule has 0 aliphatic carbocycles. The molecule has 38 valence electrons. The molecular formula is C4H4FNO. The molecule has 0 atom stereocenters. The van der Waals surface area contributed by atoms with Crippen LogP contribution in [-0.2, 0) is 4.79 Å². The van der Waals surface area contributed by atoms with Crippen LogP contribution in [0.1, 0.15) is 0 Å². The van der Waals surface area contributed by atoms with Crippen molar-refractivity contribution >= 4 is 5.91 Å². The second-order valence-corrected chi connectivity index (χ2v) is 0.878. The van der Waals surface area contributed by atoms with Crippen LogP contribution >= 0.6 is 0 Å². The number of halogens is 1. The van der Waals surface area contributed by atoms with E-state index in [4.69, 9.17) is 0 Å². The molecule has 1 N–H and O–H groups in total. The van der Waals surface area contributed by atoms with Gasteiger partial charge >= 0.3 is 0 Å². The first-order valence-corrected chi connectivity index (χ1v) is 1.54. The topological polar surface area (TPSA) is 29.1 Å². The molecule has 0 aliphatic heterocycles. The molecule has 3 heteroatoms. The molecule has 1 amide bonds. The molecule has 2 nitrogen and oxygen atoms in total. The van der Waals surface area contributed by atoms with E-state index in [9.17, 15) is 9.18 Å². The number of amides is 1. The Morgan fingerprint density at radius 2 is 2.29 bits per heavy atom. The van der Waals surface area contributed by atoms with Crippen molar-refractivity contribution < 1.29 is 9.18 Å². The van der Waals surface area contributed by atoms with Gasteiger partial charge in [0.25, 0.3) is 5.91 Å². The molecule has 0 bridgehead atoms. The lowest BCUT2D eigenvalue weighted by atomic mass is 10.6. The van der Waals surface area contributed by atoms with E-state index in [0.29, 0.717) is 0 Å². The number of hydrogen-bond acceptors (Lipinski definition) is 1. The quantitative estimate of drug-likeness (QED) is 0.372. The van der Waals surface area contributed by atoms with Crippen LogP contribution in [0, 0.1) is 7.05 Å². The third kappa shape index (κ3) is 1.92. The highest BCUT2D eigenvalue weighted by atomic mass is 19.1. The van der Waals surface area contributed by atoms with E-state index in [1.54, 1.807) is 5.32 Å². The first kappa shape index (κ1) is 6.14. The number of nitrogens with one attached hydrogen (secondary N) is 1. The summed E-state index contributed by atoms with van der Waals surface area (Å²) in [6.45, 7) is 2.67. The number of rotatable bonds is 1. The molecule has 0 aromatic heterocycles. The highest BCUT2D eigenvalue weighted by Crippen LogP contribution is 1.86. The predicted octanol–water partition coefficient (Wildman–Crippen LogP) is 0.254. The van der Waals surface area contributed by atoms with E-state index in [2.05, 4.69) is 13.6 Å². The summed E-state index contributed by atoms with van der Waals surface area (Å²) in [5.74, 6) is -2.07. The summed E-state index contributed by atoms with van der Waals surface area (Å²) in [6, 6.07) is 0. The summed E-state index contributed by atoms with van der Waals surface area (Å²) in [6.07, 6.45) is 0. The molecule has 0 saturated carbocycles. The maximum Gasteiger partial charge on any atom is 0.279 e. The second kappa shape index (κ2) is 2.34. The first-order valence-electron chi connectivity index (χ1n) is 1.54. The lowest BCUT2D eigenvalue weighted by Crippen LogP contribution is -2.14. The van der Waals surface area contributed by atoms with Gasteiger partial charge in [-0.2, -0.15) is 0 Å². The lowest BCUT2D eigenvalue weighted by Gasteiger charge is -1.87. The minimum Gasteiger partial charge on any atom is -0.343 e. The average molecular weight is 101 g/mol. The van der Waals surface area contributed by atoms with Crippen molar-refractivity contribution in [1.29, 1.82) is 0 Å². The monoisotopic (exact) mass is 101 g/mol. The molecule has 0 spiro atoms. The lowest BCUT2D eigenvalue weighted by molar-refractivity contribution is -0.118. The maximum absolute atomic E-state index is 11.4. The Balaban J connectivity index is 3.58. The number of carbonyl (C=O) groups is 1. The maximum atomic E-state index is 11.4. The fraction of sp³-hybridized carbons (Fsp3) is 0. The Bertz CT molecular complexity index is 99.9. The molecule has 0 heterocycles. The van der Waals surface area contributed by atoms with Crippen LogP contribution in [0.25, 0.3) is 0 Å². The van der Waals surface area contributed by atoms with Crippen molar-refractivity contribution in [2.45, 2.75) is 0 Å². The van der Waals surface area contributed by atoms with Crippen LogP contribution in [0.4, 0.5) is 4.39 Å². The van der Waals surface area contributed by atoms with E-state index in [1.807, 2.05) is 0 Å². The summed E-state index contributed by atoms with van der Waals surface area (Å²) in [5, 5.41) is 1.55. The minimum atomic E-state index is -1.08. The fourth-order valence-corrected chi connectivity index (χ4v) is 0.0783. The third-order valence-electron chi connectivity index (χ3n) is 0.377.